The van der Waals surface area contributed by atoms with Gasteiger partial charge in [0.15, 0.2) is 0 Å². The molecule has 0 bridgehead atoms. The highest BCUT2D eigenvalue weighted by Crippen LogP contribution is 2.30. The fourth-order valence-electron chi connectivity index (χ4n) is 3.05. The number of hydrogen-bond donors (Lipinski definition) is 1. The Hall–Kier alpha value is -1.83. The Balaban J connectivity index is 1.81. The number of rotatable bonds is 2. The van der Waals surface area contributed by atoms with E-state index in [0.29, 0.717) is 12.0 Å². The summed E-state index contributed by atoms with van der Waals surface area (Å²) in [5, 5.41) is 3.64. The van der Waals surface area contributed by atoms with Crippen molar-refractivity contribution in [2.75, 3.05) is 5.32 Å². The van der Waals surface area contributed by atoms with Crippen LogP contribution in [0.15, 0.2) is 42.5 Å². The zero-order valence-corrected chi connectivity index (χ0v) is 12.0. The predicted molar refractivity (Wildman–Crippen MR) is 81.6 cm³/mol. The molecular formula is C18H20FN. The molecule has 104 valence electrons. The van der Waals surface area contributed by atoms with Crippen LogP contribution in [-0.2, 0) is 12.8 Å². The molecule has 2 unspecified atom stereocenters. The van der Waals surface area contributed by atoms with E-state index in [1.54, 1.807) is 12.1 Å². The van der Waals surface area contributed by atoms with Gasteiger partial charge in [-0.25, -0.2) is 4.39 Å². The van der Waals surface area contributed by atoms with Gasteiger partial charge in [-0.05, 0) is 60.6 Å². The Morgan fingerprint density at radius 1 is 1.20 bits per heavy atom. The fraction of sp³-hybridized carbons (Fsp3) is 0.333. The Morgan fingerprint density at radius 3 is 2.80 bits per heavy atom. The Morgan fingerprint density at radius 2 is 2.00 bits per heavy atom. The topological polar surface area (TPSA) is 12.0 Å². The van der Waals surface area contributed by atoms with Crippen molar-refractivity contribution in [2.45, 2.75) is 32.7 Å². The third-order valence-corrected chi connectivity index (χ3v) is 4.33. The van der Waals surface area contributed by atoms with Gasteiger partial charge < -0.3 is 5.32 Å². The van der Waals surface area contributed by atoms with E-state index >= 15 is 0 Å². The highest BCUT2D eigenvalue weighted by Gasteiger charge is 2.24. The first kappa shape index (κ1) is 13.2. The maximum Gasteiger partial charge on any atom is 0.123 e. The lowest BCUT2D eigenvalue weighted by Gasteiger charge is -2.33. The second-order valence-corrected chi connectivity index (χ2v) is 5.86. The normalized spacial score (nSPS) is 21.1. The van der Waals surface area contributed by atoms with E-state index in [9.17, 15) is 4.39 Å². The summed E-state index contributed by atoms with van der Waals surface area (Å²) in [5.74, 6) is 0.426. The van der Waals surface area contributed by atoms with Gasteiger partial charge in [-0.15, -0.1) is 0 Å². The van der Waals surface area contributed by atoms with E-state index in [1.165, 1.54) is 16.8 Å². The number of anilines is 1. The van der Waals surface area contributed by atoms with E-state index in [1.807, 2.05) is 13.0 Å². The van der Waals surface area contributed by atoms with Crippen molar-refractivity contribution >= 4 is 5.69 Å². The van der Waals surface area contributed by atoms with Crippen LogP contribution in [-0.4, -0.2) is 6.04 Å². The molecule has 2 aromatic rings. The maximum absolute atomic E-state index is 13.2. The van der Waals surface area contributed by atoms with Crippen molar-refractivity contribution in [3.63, 3.8) is 0 Å². The molecule has 1 nitrogen and oxygen atoms in total. The molecule has 3 rings (SSSR count). The summed E-state index contributed by atoms with van der Waals surface area (Å²) in [6.45, 7) is 4.27. The second-order valence-electron chi connectivity index (χ2n) is 5.86. The molecule has 0 aromatic heterocycles. The van der Waals surface area contributed by atoms with E-state index in [-0.39, 0.29) is 5.82 Å². The van der Waals surface area contributed by atoms with Crippen LogP contribution < -0.4 is 5.32 Å². The molecule has 2 heteroatoms. The van der Waals surface area contributed by atoms with E-state index in [0.717, 1.165) is 18.4 Å². The fourth-order valence-corrected chi connectivity index (χ4v) is 3.05. The zero-order valence-electron chi connectivity index (χ0n) is 12.0. The first-order chi connectivity index (χ1) is 9.63. The van der Waals surface area contributed by atoms with Gasteiger partial charge in [0, 0.05) is 11.7 Å². The van der Waals surface area contributed by atoms with E-state index in [2.05, 4.69) is 36.5 Å². The van der Waals surface area contributed by atoms with Crippen molar-refractivity contribution in [1.82, 2.24) is 0 Å². The highest BCUT2D eigenvalue weighted by molar-refractivity contribution is 5.54. The van der Waals surface area contributed by atoms with Gasteiger partial charge in [0.2, 0.25) is 0 Å². The van der Waals surface area contributed by atoms with Crippen molar-refractivity contribution in [1.29, 1.82) is 0 Å². The van der Waals surface area contributed by atoms with Crippen LogP contribution in [0.5, 0.6) is 0 Å². The molecule has 0 aliphatic carbocycles. The lowest BCUT2D eigenvalue weighted by Crippen LogP contribution is -2.35. The molecule has 1 heterocycles. The third-order valence-electron chi connectivity index (χ3n) is 4.33. The first-order valence-electron chi connectivity index (χ1n) is 7.23. The second kappa shape index (κ2) is 5.28. The average molecular weight is 269 g/mol. The molecule has 0 amide bonds. The monoisotopic (exact) mass is 269 g/mol. The predicted octanol–water partition coefficient (Wildman–Crippen LogP) is 4.35. The van der Waals surface area contributed by atoms with Crippen molar-refractivity contribution in [3.05, 3.63) is 65.0 Å². The minimum Gasteiger partial charge on any atom is -0.381 e. The first-order valence-corrected chi connectivity index (χ1v) is 7.23. The minimum atomic E-state index is -0.152. The molecule has 0 spiro atoms. The minimum absolute atomic E-state index is 0.152. The van der Waals surface area contributed by atoms with Gasteiger partial charge in [0.05, 0.1) is 0 Å². The smallest absolute Gasteiger partial charge is 0.123 e. The molecule has 0 fully saturated rings. The van der Waals surface area contributed by atoms with Crippen LogP contribution in [0.3, 0.4) is 0 Å². The number of fused-ring (bicyclic) bond motifs is 1. The third kappa shape index (κ3) is 2.55. The average Bonchev–Trinajstić information content (AvgIpc) is 2.42. The van der Waals surface area contributed by atoms with Gasteiger partial charge in [0.25, 0.3) is 0 Å². The standard InChI is InChI=1S/C18H20FN/c1-12-10-16(19)8-7-14(12)11-18-13(2)9-15-5-3-4-6-17(15)20-18/h3-8,10,13,18,20H,9,11H2,1-2H3. The lowest BCUT2D eigenvalue weighted by atomic mass is 9.85. The molecule has 0 saturated heterocycles. The highest BCUT2D eigenvalue weighted by atomic mass is 19.1. The van der Waals surface area contributed by atoms with Gasteiger partial charge in [-0.2, -0.15) is 0 Å². The van der Waals surface area contributed by atoms with Crippen LogP contribution in [0.2, 0.25) is 0 Å². The molecule has 20 heavy (non-hydrogen) atoms. The maximum atomic E-state index is 13.2. The van der Waals surface area contributed by atoms with Gasteiger partial charge in [-0.1, -0.05) is 31.2 Å². The molecule has 2 aromatic carbocycles. The molecular weight excluding hydrogens is 249 g/mol. The zero-order chi connectivity index (χ0) is 14.1. The van der Waals surface area contributed by atoms with Crippen LogP contribution in [0, 0.1) is 18.7 Å². The molecule has 1 aliphatic heterocycles. The van der Waals surface area contributed by atoms with Gasteiger partial charge >= 0.3 is 0 Å². The summed E-state index contributed by atoms with van der Waals surface area (Å²) in [7, 11) is 0. The molecule has 0 saturated carbocycles. The summed E-state index contributed by atoms with van der Waals surface area (Å²) in [6, 6.07) is 14.0. The molecule has 1 N–H and O–H groups in total. The van der Waals surface area contributed by atoms with Crippen molar-refractivity contribution < 1.29 is 4.39 Å². The number of nitrogens with one attached hydrogen (secondary N) is 1. The van der Waals surface area contributed by atoms with E-state index in [4.69, 9.17) is 0 Å². The van der Waals surface area contributed by atoms with Crippen LogP contribution in [0.25, 0.3) is 0 Å². The van der Waals surface area contributed by atoms with Gasteiger partial charge in [-0.3, -0.25) is 0 Å². The number of benzene rings is 2. The number of para-hydroxylation sites is 1. The summed E-state index contributed by atoms with van der Waals surface area (Å²) < 4.78 is 13.2. The quantitative estimate of drug-likeness (QED) is 0.854. The van der Waals surface area contributed by atoms with Gasteiger partial charge in [0.1, 0.15) is 5.82 Å². The van der Waals surface area contributed by atoms with Crippen LogP contribution in [0.4, 0.5) is 10.1 Å². The van der Waals surface area contributed by atoms with Crippen LogP contribution in [0.1, 0.15) is 23.6 Å². The van der Waals surface area contributed by atoms with Crippen LogP contribution >= 0.6 is 0 Å². The van der Waals surface area contributed by atoms with Crippen molar-refractivity contribution in [3.8, 4) is 0 Å². The summed E-state index contributed by atoms with van der Waals surface area (Å²) in [5.41, 5.74) is 4.91. The summed E-state index contributed by atoms with van der Waals surface area (Å²) in [6.07, 6.45) is 2.05. The SMILES string of the molecule is Cc1cc(F)ccc1CC1Nc2ccccc2CC1C. The summed E-state index contributed by atoms with van der Waals surface area (Å²) >= 11 is 0. The number of aryl methyl sites for hydroxylation is 1. The van der Waals surface area contributed by atoms with Crippen molar-refractivity contribution in [2.24, 2.45) is 5.92 Å². The Kier molecular flexibility index (Phi) is 3.47. The largest absolute Gasteiger partial charge is 0.381 e. The summed E-state index contributed by atoms with van der Waals surface area (Å²) in [4.78, 5) is 0. The van der Waals surface area contributed by atoms with E-state index < -0.39 is 0 Å². The number of halogens is 1. The molecule has 0 radical (unpaired) electrons. The Bertz CT molecular complexity index is 621. The lowest BCUT2D eigenvalue weighted by molar-refractivity contribution is 0.461. The Labute approximate surface area is 119 Å². The molecule has 2 atom stereocenters. The number of hydrogen-bond acceptors (Lipinski definition) is 1. The molecule has 1 aliphatic rings.